The third-order valence-electron chi connectivity index (χ3n) is 5.68. The van der Waals surface area contributed by atoms with Crippen LogP contribution in [0.4, 0.5) is 11.8 Å². The zero-order valence-electron chi connectivity index (χ0n) is 19.5. The lowest BCUT2D eigenvalue weighted by Gasteiger charge is -2.17. The first-order valence-corrected chi connectivity index (χ1v) is 12.5. The Bertz CT molecular complexity index is 1060. The molecular formula is C20H31N7O6P+. The maximum atomic E-state index is 12.3. The molecule has 1 aliphatic carbocycles. The minimum absolute atomic E-state index is 0.108. The second-order valence-electron chi connectivity index (χ2n) is 8.98. The van der Waals surface area contributed by atoms with Gasteiger partial charge in [-0.2, -0.15) is 9.97 Å². The van der Waals surface area contributed by atoms with Crippen molar-refractivity contribution in [3.05, 3.63) is 6.33 Å². The maximum absolute atomic E-state index is 12.3. The number of rotatable bonds is 10. The number of carbonyl (C=O) groups is 1. The van der Waals surface area contributed by atoms with Gasteiger partial charge in [0, 0.05) is 12.0 Å². The van der Waals surface area contributed by atoms with Crippen LogP contribution in [0.2, 0.25) is 0 Å². The molecule has 3 heterocycles. The zero-order chi connectivity index (χ0) is 24.6. The Morgan fingerprint density at radius 2 is 2.12 bits per heavy atom. The Hall–Kier alpha value is -2.44. The van der Waals surface area contributed by atoms with E-state index in [4.69, 9.17) is 19.7 Å². The minimum atomic E-state index is -2.38. The second kappa shape index (κ2) is 10.0. The predicted octanol–water partition coefficient (Wildman–Crippen LogP) is 1.48. The first-order valence-electron chi connectivity index (χ1n) is 11.3. The molecule has 14 heteroatoms. The molecule has 1 saturated heterocycles. The molecule has 186 valence electrons. The van der Waals surface area contributed by atoms with Crippen LogP contribution in [0.1, 0.15) is 46.8 Å². The predicted molar refractivity (Wildman–Crippen MR) is 123 cm³/mol. The number of hydrogen-bond donors (Lipinski definition) is 4. The van der Waals surface area contributed by atoms with Gasteiger partial charge in [-0.3, -0.25) is 9.36 Å². The molecule has 1 aliphatic heterocycles. The first kappa shape index (κ1) is 24.7. The Morgan fingerprint density at radius 1 is 1.38 bits per heavy atom. The van der Waals surface area contributed by atoms with Gasteiger partial charge < -0.3 is 25.6 Å². The average Bonchev–Trinajstić information content (AvgIpc) is 3.41. The Kier molecular flexibility index (Phi) is 7.29. The van der Waals surface area contributed by atoms with Crippen molar-refractivity contribution < 1.29 is 28.5 Å². The number of aliphatic hydroxyl groups excluding tert-OH is 1. The molecule has 5 N–H and O–H groups in total. The molecule has 0 aromatic carbocycles. The summed E-state index contributed by atoms with van der Waals surface area (Å²) in [6.07, 6.45) is 1.20. The first-order chi connectivity index (χ1) is 16.1. The number of esters is 1. The third kappa shape index (κ3) is 5.44. The van der Waals surface area contributed by atoms with Crippen molar-refractivity contribution >= 4 is 37.1 Å². The molecule has 2 fully saturated rings. The fourth-order valence-electron chi connectivity index (χ4n) is 3.71. The number of nitrogens with zero attached hydrogens (tertiary/aromatic N) is 4. The lowest BCUT2D eigenvalue weighted by atomic mass is 10.0. The van der Waals surface area contributed by atoms with Gasteiger partial charge in [0.25, 0.3) is 0 Å². The van der Waals surface area contributed by atoms with E-state index in [2.05, 4.69) is 25.4 Å². The number of nitrogens with two attached hydrogens (primary N) is 1. The maximum Gasteiger partial charge on any atom is 0.613 e. The molecule has 0 radical (unpaired) electrons. The van der Waals surface area contributed by atoms with Gasteiger partial charge in [0.1, 0.15) is 25.0 Å². The van der Waals surface area contributed by atoms with E-state index in [0.29, 0.717) is 23.0 Å². The number of imidazole rings is 1. The molecule has 13 nitrogen and oxygen atoms in total. The summed E-state index contributed by atoms with van der Waals surface area (Å²) in [7, 11) is -2.38. The second-order valence-corrected chi connectivity index (χ2v) is 10.0. The van der Waals surface area contributed by atoms with Crippen molar-refractivity contribution in [3.8, 4) is 0 Å². The highest BCUT2D eigenvalue weighted by Crippen LogP contribution is 2.38. The van der Waals surface area contributed by atoms with Gasteiger partial charge in [-0.1, -0.05) is 12.0 Å². The van der Waals surface area contributed by atoms with Crippen LogP contribution in [0.3, 0.4) is 0 Å². The van der Waals surface area contributed by atoms with Gasteiger partial charge in [0.2, 0.25) is 5.95 Å². The average molecular weight is 496 g/mol. The fourth-order valence-corrected chi connectivity index (χ4v) is 4.49. The quantitative estimate of drug-likeness (QED) is 0.276. The van der Waals surface area contributed by atoms with Gasteiger partial charge in [-0.05, 0) is 38.2 Å². The van der Waals surface area contributed by atoms with Crippen molar-refractivity contribution in [2.75, 3.05) is 17.7 Å². The van der Waals surface area contributed by atoms with Gasteiger partial charge in [-0.15, -0.1) is 4.52 Å². The molecule has 2 aliphatic rings. The SMILES string of the molecule is CC(C)OC(=O)[C@@H](C)N[P+](=O)OC[C@H]1O[C@@H](n2cnc3c(NC4CC4)nc(N)nc32)[C@@H](C)[C@@H]1O. The number of ether oxygens (including phenoxy) is 2. The monoisotopic (exact) mass is 496 g/mol. The summed E-state index contributed by atoms with van der Waals surface area (Å²) in [5.41, 5.74) is 6.98. The molecule has 34 heavy (non-hydrogen) atoms. The standard InChI is InChI=1S/C20H31N7O6P/c1-9(2)32-19(29)11(4)26-34(30)31-7-13-15(28)10(3)18(33-13)27-8-22-14-16(23-12-5-6-12)24-20(21)25-17(14)27/h8-13,15,18,28H,5-7H2,1-4H3,(H,26,30)(H3,21,23,24,25)/q+1/t10-,11+,13+,15-,18+/m0/s1. The number of nitrogens with one attached hydrogen (secondary N) is 2. The van der Waals surface area contributed by atoms with E-state index in [1.807, 2.05) is 6.92 Å². The highest BCUT2D eigenvalue weighted by molar-refractivity contribution is 7.36. The van der Waals surface area contributed by atoms with E-state index in [1.165, 1.54) is 6.92 Å². The molecule has 0 bridgehead atoms. The number of hydrogen-bond acceptors (Lipinski definition) is 11. The van der Waals surface area contributed by atoms with E-state index in [1.54, 1.807) is 24.7 Å². The molecule has 2 aromatic heterocycles. The summed E-state index contributed by atoms with van der Waals surface area (Å²) in [4.78, 5) is 24.9. The molecule has 1 saturated carbocycles. The van der Waals surface area contributed by atoms with E-state index in [9.17, 15) is 14.5 Å². The van der Waals surface area contributed by atoms with Crippen LogP contribution < -0.4 is 16.1 Å². The summed E-state index contributed by atoms with van der Waals surface area (Å²) in [6, 6.07) is -0.453. The van der Waals surface area contributed by atoms with Gasteiger partial charge in [-0.25, -0.2) is 4.98 Å². The van der Waals surface area contributed by atoms with Crippen molar-refractivity contribution in [3.63, 3.8) is 0 Å². The van der Waals surface area contributed by atoms with Crippen molar-refractivity contribution in [2.45, 2.75) is 77.2 Å². The zero-order valence-corrected chi connectivity index (χ0v) is 20.4. The van der Waals surface area contributed by atoms with Gasteiger partial charge in [0.05, 0.1) is 18.5 Å². The smallest absolute Gasteiger partial charge is 0.462 e. The largest absolute Gasteiger partial charge is 0.613 e. The van der Waals surface area contributed by atoms with Crippen LogP contribution in [-0.4, -0.2) is 67.6 Å². The van der Waals surface area contributed by atoms with Crippen LogP contribution in [0, 0.1) is 5.92 Å². The van der Waals surface area contributed by atoms with Crippen LogP contribution in [0.5, 0.6) is 0 Å². The van der Waals surface area contributed by atoms with E-state index >= 15 is 0 Å². The number of nitrogen functional groups attached to an aromatic ring is 1. The third-order valence-corrected chi connectivity index (χ3v) is 6.66. The van der Waals surface area contributed by atoms with E-state index in [0.717, 1.165) is 12.8 Å². The summed E-state index contributed by atoms with van der Waals surface area (Å²) < 4.78 is 30.4. The lowest BCUT2D eigenvalue weighted by molar-refractivity contribution is -0.149. The molecule has 2 aromatic rings. The lowest BCUT2D eigenvalue weighted by Crippen LogP contribution is -2.33. The van der Waals surface area contributed by atoms with Gasteiger partial charge >= 0.3 is 14.1 Å². The summed E-state index contributed by atoms with van der Waals surface area (Å²) >= 11 is 0. The summed E-state index contributed by atoms with van der Waals surface area (Å²) in [5.74, 6) is -0.191. The highest BCUT2D eigenvalue weighted by atomic mass is 31.1. The summed E-state index contributed by atoms with van der Waals surface area (Å²) in [5, 5.41) is 16.6. The summed E-state index contributed by atoms with van der Waals surface area (Å²) in [6.45, 7) is 6.67. The fraction of sp³-hybridized carbons (Fsp3) is 0.700. The molecule has 6 atom stereocenters. The normalized spacial score (nSPS) is 26.1. The van der Waals surface area contributed by atoms with Gasteiger partial charge in [0.15, 0.2) is 17.0 Å². The van der Waals surface area contributed by atoms with E-state index in [-0.39, 0.29) is 24.6 Å². The number of anilines is 2. The van der Waals surface area contributed by atoms with E-state index < -0.39 is 38.6 Å². The van der Waals surface area contributed by atoms with Crippen LogP contribution in [0.15, 0.2) is 6.33 Å². The topological polar surface area (TPSA) is 176 Å². The molecule has 0 spiro atoms. The minimum Gasteiger partial charge on any atom is -0.462 e. The Balaban J connectivity index is 1.40. The Labute approximate surface area is 197 Å². The number of fused-ring (bicyclic) bond motifs is 1. The van der Waals surface area contributed by atoms with Crippen molar-refractivity contribution in [1.29, 1.82) is 0 Å². The van der Waals surface area contributed by atoms with Crippen LogP contribution in [-0.2, 0) is 23.4 Å². The molecule has 4 rings (SSSR count). The van der Waals surface area contributed by atoms with Crippen LogP contribution >= 0.6 is 8.18 Å². The molecular weight excluding hydrogens is 465 g/mol. The van der Waals surface area contributed by atoms with Crippen LogP contribution in [0.25, 0.3) is 11.2 Å². The number of aliphatic hydroxyl groups is 1. The number of aromatic nitrogens is 4. The van der Waals surface area contributed by atoms with Crippen molar-refractivity contribution in [1.82, 2.24) is 24.6 Å². The highest BCUT2D eigenvalue weighted by Gasteiger charge is 2.44. The molecule has 1 unspecified atom stereocenters. The number of carbonyl (C=O) groups excluding carboxylic acids is 1. The molecule has 0 amide bonds. The Morgan fingerprint density at radius 3 is 2.79 bits per heavy atom. The van der Waals surface area contributed by atoms with Crippen molar-refractivity contribution in [2.24, 2.45) is 5.92 Å².